The fourth-order valence-electron chi connectivity index (χ4n) is 7.85. The third-order valence-electron chi connectivity index (χ3n) is 11.7. The fourth-order valence-corrected chi connectivity index (χ4v) is 8.35. The predicted molar refractivity (Wildman–Crippen MR) is 250 cm³/mol. The Morgan fingerprint density at radius 2 is 1.13 bits per heavy atom. The van der Waals surface area contributed by atoms with Crippen molar-refractivity contribution in [3.8, 4) is 0 Å². The smallest absolute Gasteiger partial charge is 0.394 e. The quantitative estimate of drug-likeness (QED) is 0.0194. The molecule has 0 aromatic heterocycles. The van der Waals surface area contributed by atoms with Crippen molar-refractivity contribution in [3.63, 3.8) is 0 Å². The molecular formula is C49H91NO11S. The highest BCUT2D eigenvalue weighted by molar-refractivity contribution is 7.80. The molecule has 0 saturated carbocycles. The summed E-state index contributed by atoms with van der Waals surface area (Å²) in [6.07, 6.45) is 39.0. The predicted octanol–water partition coefficient (Wildman–Crippen LogP) is 10.3. The summed E-state index contributed by atoms with van der Waals surface area (Å²) in [7, 11) is -5.08. The number of amides is 1. The minimum Gasteiger partial charge on any atom is -0.394 e. The van der Waals surface area contributed by atoms with E-state index in [2.05, 4.69) is 47.7 Å². The lowest BCUT2D eigenvalue weighted by molar-refractivity contribution is -0.298. The van der Waals surface area contributed by atoms with Gasteiger partial charge in [-0.2, -0.15) is 8.42 Å². The lowest BCUT2D eigenvalue weighted by atomic mass is 9.99. The molecule has 1 heterocycles. The third kappa shape index (κ3) is 32.1. The number of carbonyl (C=O) groups excluding carboxylic acids is 1. The summed E-state index contributed by atoms with van der Waals surface area (Å²) in [6.45, 7) is 3.29. The molecule has 364 valence electrons. The van der Waals surface area contributed by atoms with Crippen LogP contribution < -0.4 is 5.32 Å². The van der Waals surface area contributed by atoms with Gasteiger partial charge in [-0.15, -0.1) is 0 Å². The van der Waals surface area contributed by atoms with Crippen LogP contribution >= 0.6 is 0 Å². The first-order valence-corrected chi connectivity index (χ1v) is 26.2. The Balaban J connectivity index is 2.44. The van der Waals surface area contributed by atoms with Gasteiger partial charge in [0.05, 0.1) is 25.4 Å². The van der Waals surface area contributed by atoms with Crippen LogP contribution in [-0.4, -0.2) is 95.4 Å². The highest BCUT2D eigenvalue weighted by Crippen LogP contribution is 2.26. The molecule has 1 amide bonds. The fraction of sp³-hybridized carbons (Fsp3) is 0.857. The lowest BCUT2D eigenvalue weighted by Gasteiger charge is -2.41. The Kier molecular flexibility index (Phi) is 37.3. The third-order valence-corrected chi connectivity index (χ3v) is 12.1. The van der Waals surface area contributed by atoms with Crippen LogP contribution in [0, 0.1) is 0 Å². The Labute approximate surface area is 377 Å². The molecule has 6 N–H and O–H groups in total. The minimum atomic E-state index is -5.08. The summed E-state index contributed by atoms with van der Waals surface area (Å²) in [5.74, 6) is -0.263. The Bertz CT molecular complexity index is 1250. The number of unbranched alkanes of at least 4 members (excludes halogenated alkanes) is 26. The highest BCUT2D eigenvalue weighted by atomic mass is 32.3. The van der Waals surface area contributed by atoms with Crippen molar-refractivity contribution in [2.24, 2.45) is 0 Å². The summed E-state index contributed by atoms with van der Waals surface area (Å²) in [6, 6.07) is -0.942. The Morgan fingerprint density at radius 3 is 1.61 bits per heavy atom. The van der Waals surface area contributed by atoms with E-state index in [1.165, 1.54) is 135 Å². The van der Waals surface area contributed by atoms with E-state index in [0.29, 0.717) is 6.42 Å². The van der Waals surface area contributed by atoms with Gasteiger partial charge >= 0.3 is 10.4 Å². The number of allylic oxidation sites excluding steroid dienone is 5. The number of aliphatic hydroxyl groups excluding tert-OH is 4. The van der Waals surface area contributed by atoms with E-state index in [9.17, 15) is 38.2 Å². The minimum absolute atomic E-state index is 0.263. The van der Waals surface area contributed by atoms with Gasteiger partial charge in [-0.25, -0.2) is 4.18 Å². The number of ether oxygens (including phenoxy) is 2. The summed E-state index contributed by atoms with van der Waals surface area (Å²) in [5, 5.41) is 44.8. The first-order valence-electron chi connectivity index (χ1n) is 24.9. The zero-order valence-corrected chi connectivity index (χ0v) is 39.8. The number of nitrogens with one attached hydrogen (secondary N) is 1. The molecule has 7 unspecified atom stereocenters. The summed E-state index contributed by atoms with van der Waals surface area (Å²) in [5.41, 5.74) is 0. The number of hydrogen-bond donors (Lipinski definition) is 6. The van der Waals surface area contributed by atoms with E-state index in [0.717, 1.165) is 51.4 Å². The monoisotopic (exact) mass is 902 g/mol. The van der Waals surface area contributed by atoms with Gasteiger partial charge in [0.1, 0.15) is 24.4 Å². The molecule has 7 atom stereocenters. The first kappa shape index (κ1) is 58.3. The van der Waals surface area contributed by atoms with Gasteiger partial charge in [-0.05, 0) is 44.9 Å². The van der Waals surface area contributed by atoms with Crippen LogP contribution in [0.4, 0.5) is 0 Å². The molecular weight excluding hydrogens is 811 g/mol. The first-order chi connectivity index (χ1) is 30.0. The molecule has 1 aliphatic rings. The van der Waals surface area contributed by atoms with Crippen LogP contribution in [0.2, 0.25) is 0 Å². The van der Waals surface area contributed by atoms with Crippen molar-refractivity contribution >= 4 is 16.3 Å². The van der Waals surface area contributed by atoms with Crippen LogP contribution in [0.25, 0.3) is 0 Å². The van der Waals surface area contributed by atoms with E-state index < -0.39 is 59.9 Å². The number of rotatable bonds is 42. The van der Waals surface area contributed by atoms with Crippen molar-refractivity contribution < 1.29 is 51.8 Å². The van der Waals surface area contributed by atoms with Crippen LogP contribution in [0.5, 0.6) is 0 Å². The van der Waals surface area contributed by atoms with E-state index in [1.54, 1.807) is 6.08 Å². The summed E-state index contributed by atoms with van der Waals surface area (Å²) in [4.78, 5) is 13.1. The normalized spacial score (nSPS) is 20.8. The molecule has 0 radical (unpaired) electrons. The van der Waals surface area contributed by atoms with E-state index in [4.69, 9.17) is 9.47 Å². The molecule has 1 rings (SSSR count). The molecule has 62 heavy (non-hydrogen) atoms. The average Bonchev–Trinajstić information content (AvgIpc) is 3.24. The van der Waals surface area contributed by atoms with Gasteiger partial charge in [-0.1, -0.05) is 198 Å². The van der Waals surface area contributed by atoms with Crippen LogP contribution in [0.3, 0.4) is 0 Å². The van der Waals surface area contributed by atoms with Crippen molar-refractivity contribution in [2.45, 2.75) is 256 Å². The van der Waals surface area contributed by atoms with Gasteiger partial charge in [0.15, 0.2) is 6.29 Å². The maximum atomic E-state index is 13.1. The molecule has 1 aliphatic heterocycles. The SMILES string of the molecule is CC/C=C\C/C=C\CCCCCCCCCCCCCCCCC(=O)NC(COC1OC(CO)C(O)C(OS(=O)(=O)O)C1O)C(O)/C=C/CCCCCCCCCCCCCC. The zero-order valence-electron chi connectivity index (χ0n) is 38.9. The van der Waals surface area contributed by atoms with Gasteiger partial charge in [0.25, 0.3) is 0 Å². The molecule has 0 aromatic carbocycles. The van der Waals surface area contributed by atoms with Crippen molar-refractivity contribution in [1.29, 1.82) is 0 Å². The van der Waals surface area contributed by atoms with Gasteiger partial charge in [-0.3, -0.25) is 9.35 Å². The number of aliphatic hydroxyl groups is 4. The lowest BCUT2D eigenvalue weighted by Crippen LogP contribution is -2.61. The summed E-state index contributed by atoms with van der Waals surface area (Å²) < 4.78 is 47.6. The van der Waals surface area contributed by atoms with Crippen molar-refractivity contribution in [1.82, 2.24) is 5.32 Å². The molecule has 1 fully saturated rings. The van der Waals surface area contributed by atoms with Crippen LogP contribution in [0.15, 0.2) is 36.5 Å². The Morgan fingerprint density at radius 1 is 0.661 bits per heavy atom. The second-order valence-corrected chi connectivity index (χ2v) is 18.4. The zero-order chi connectivity index (χ0) is 45.5. The highest BCUT2D eigenvalue weighted by Gasteiger charge is 2.48. The molecule has 0 bridgehead atoms. The van der Waals surface area contributed by atoms with Crippen molar-refractivity contribution in [2.75, 3.05) is 13.2 Å². The van der Waals surface area contributed by atoms with E-state index >= 15 is 0 Å². The summed E-state index contributed by atoms with van der Waals surface area (Å²) >= 11 is 0. The standard InChI is InChI=1S/C49H91NO11S/c1-3-5-7-9-11-13-15-17-19-20-21-22-23-24-25-27-29-31-33-35-37-39-45(53)50-42(41-59-49-47(55)48(61-62(56,57)58)46(54)44(40-51)60-49)43(52)38-36-34-32-30-28-26-18-16-14-12-10-8-6-4-2/h5,7,11,13,36,38,42-44,46-49,51-52,54-55H,3-4,6,8-10,12,14-35,37,39-41H2,1-2H3,(H,50,53)(H,56,57,58)/b7-5-,13-11-,38-36+. The molecule has 0 aliphatic carbocycles. The van der Waals surface area contributed by atoms with Gasteiger partial charge < -0.3 is 35.2 Å². The maximum absolute atomic E-state index is 13.1. The van der Waals surface area contributed by atoms with Crippen LogP contribution in [0.1, 0.15) is 213 Å². The van der Waals surface area contributed by atoms with E-state index in [1.807, 2.05) is 6.08 Å². The topological polar surface area (TPSA) is 192 Å². The van der Waals surface area contributed by atoms with Crippen LogP contribution in [-0.2, 0) is 28.9 Å². The van der Waals surface area contributed by atoms with Gasteiger partial charge in [0.2, 0.25) is 5.91 Å². The number of hydrogen-bond acceptors (Lipinski definition) is 10. The molecule has 0 spiro atoms. The Hall–Kier alpha value is -1.68. The van der Waals surface area contributed by atoms with Gasteiger partial charge in [0, 0.05) is 6.42 Å². The second-order valence-electron chi connectivity index (χ2n) is 17.4. The average molecular weight is 902 g/mol. The maximum Gasteiger partial charge on any atom is 0.397 e. The molecule has 1 saturated heterocycles. The molecule has 13 heteroatoms. The number of carbonyl (C=O) groups is 1. The molecule has 12 nitrogen and oxygen atoms in total. The second kappa shape index (κ2) is 39.7. The molecule has 0 aromatic rings. The largest absolute Gasteiger partial charge is 0.397 e. The van der Waals surface area contributed by atoms with E-state index in [-0.39, 0.29) is 18.9 Å². The van der Waals surface area contributed by atoms with Crippen molar-refractivity contribution in [3.05, 3.63) is 36.5 Å².